The van der Waals surface area contributed by atoms with Gasteiger partial charge in [-0.1, -0.05) is 6.07 Å². The van der Waals surface area contributed by atoms with Gasteiger partial charge in [-0.25, -0.2) is 13.4 Å². The standard InChI is InChI=1S/C12H13N3O4S2/c1-14(6-9-7-20-8-13-9)10-4-3-5-11(21(2,18)19)12(10)15(16)17/h3-5,7-8H,6H2,1-2H3. The maximum Gasteiger partial charge on any atom is 0.311 e. The summed E-state index contributed by atoms with van der Waals surface area (Å²) in [4.78, 5) is 16.1. The molecule has 0 radical (unpaired) electrons. The van der Waals surface area contributed by atoms with Gasteiger partial charge in [0.1, 0.15) is 10.6 Å². The summed E-state index contributed by atoms with van der Waals surface area (Å²) in [6.07, 6.45) is 0.958. The van der Waals surface area contributed by atoms with Crippen molar-refractivity contribution in [3.8, 4) is 0 Å². The van der Waals surface area contributed by atoms with E-state index in [1.54, 1.807) is 17.5 Å². The number of rotatable bonds is 5. The fraction of sp³-hybridized carbons (Fsp3) is 0.250. The molecule has 21 heavy (non-hydrogen) atoms. The normalized spacial score (nSPS) is 11.3. The molecule has 1 aromatic carbocycles. The summed E-state index contributed by atoms with van der Waals surface area (Å²) in [6, 6.07) is 4.27. The minimum atomic E-state index is -3.68. The number of nitrogens with zero attached hydrogens (tertiary/aromatic N) is 3. The second-order valence-corrected chi connectivity index (χ2v) is 7.19. The lowest BCUT2D eigenvalue weighted by molar-refractivity contribution is -0.387. The van der Waals surface area contributed by atoms with E-state index < -0.39 is 20.4 Å². The maximum absolute atomic E-state index is 11.7. The minimum Gasteiger partial charge on any atom is -0.363 e. The van der Waals surface area contributed by atoms with Crippen LogP contribution in [0.1, 0.15) is 5.69 Å². The Hall–Kier alpha value is -2.00. The lowest BCUT2D eigenvalue weighted by atomic mass is 10.2. The molecule has 9 heteroatoms. The molecule has 112 valence electrons. The summed E-state index contributed by atoms with van der Waals surface area (Å²) >= 11 is 1.43. The lowest BCUT2D eigenvalue weighted by Gasteiger charge is -2.18. The molecule has 0 unspecified atom stereocenters. The van der Waals surface area contributed by atoms with Gasteiger partial charge in [-0.05, 0) is 12.1 Å². The Morgan fingerprint density at radius 1 is 1.43 bits per heavy atom. The van der Waals surface area contributed by atoms with Crippen molar-refractivity contribution in [1.29, 1.82) is 0 Å². The molecule has 0 N–H and O–H groups in total. The van der Waals surface area contributed by atoms with Crippen LogP contribution in [0.2, 0.25) is 0 Å². The summed E-state index contributed by atoms with van der Waals surface area (Å²) in [5, 5.41) is 13.1. The minimum absolute atomic E-state index is 0.246. The summed E-state index contributed by atoms with van der Waals surface area (Å²) in [5.41, 5.74) is 2.28. The van der Waals surface area contributed by atoms with E-state index >= 15 is 0 Å². The van der Waals surface area contributed by atoms with Crippen molar-refractivity contribution in [2.45, 2.75) is 11.4 Å². The first-order chi connectivity index (χ1) is 9.80. The van der Waals surface area contributed by atoms with E-state index in [-0.39, 0.29) is 10.6 Å². The van der Waals surface area contributed by atoms with Crippen LogP contribution in [0.5, 0.6) is 0 Å². The Bertz CT molecular complexity index is 757. The second kappa shape index (κ2) is 5.78. The Morgan fingerprint density at radius 2 is 2.14 bits per heavy atom. The van der Waals surface area contributed by atoms with E-state index in [0.29, 0.717) is 6.54 Å². The molecule has 0 aliphatic carbocycles. The molecule has 1 aromatic heterocycles. The number of hydrogen-bond acceptors (Lipinski definition) is 7. The van der Waals surface area contributed by atoms with Crippen LogP contribution in [0.3, 0.4) is 0 Å². The monoisotopic (exact) mass is 327 g/mol. The molecular formula is C12H13N3O4S2. The Kier molecular flexibility index (Phi) is 4.24. The molecule has 0 spiro atoms. The third kappa shape index (κ3) is 3.37. The molecule has 0 aliphatic heterocycles. The van der Waals surface area contributed by atoms with E-state index in [4.69, 9.17) is 0 Å². The van der Waals surface area contributed by atoms with Crippen molar-refractivity contribution < 1.29 is 13.3 Å². The van der Waals surface area contributed by atoms with Crippen molar-refractivity contribution >= 4 is 32.5 Å². The highest BCUT2D eigenvalue weighted by Gasteiger charge is 2.27. The average Bonchev–Trinajstić information content (AvgIpc) is 2.89. The van der Waals surface area contributed by atoms with Gasteiger partial charge in [0, 0.05) is 18.7 Å². The molecular weight excluding hydrogens is 314 g/mol. The molecule has 0 atom stereocenters. The van der Waals surface area contributed by atoms with Crippen molar-refractivity contribution in [2.24, 2.45) is 0 Å². The van der Waals surface area contributed by atoms with Crippen LogP contribution in [-0.4, -0.2) is 31.6 Å². The molecule has 7 nitrogen and oxygen atoms in total. The number of benzene rings is 1. The molecule has 0 saturated heterocycles. The largest absolute Gasteiger partial charge is 0.363 e. The van der Waals surface area contributed by atoms with Gasteiger partial charge < -0.3 is 4.90 Å². The summed E-state index contributed by atoms with van der Waals surface area (Å²) in [7, 11) is -2.02. The molecule has 0 bridgehead atoms. The van der Waals surface area contributed by atoms with Crippen LogP contribution in [0.15, 0.2) is 34.0 Å². The van der Waals surface area contributed by atoms with Gasteiger partial charge in [0.2, 0.25) is 0 Å². The first kappa shape index (κ1) is 15.4. The smallest absolute Gasteiger partial charge is 0.311 e. The van der Waals surface area contributed by atoms with Gasteiger partial charge in [0.25, 0.3) is 0 Å². The maximum atomic E-state index is 11.7. The summed E-state index contributed by atoms with van der Waals surface area (Å²) in [5.74, 6) is 0. The van der Waals surface area contributed by atoms with Crippen molar-refractivity contribution in [3.63, 3.8) is 0 Å². The van der Waals surface area contributed by atoms with E-state index in [9.17, 15) is 18.5 Å². The predicted molar refractivity (Wildman–Crippen MR) is 80.4 cm³/mol. The molecule has 0 amide bonds. The number of aromatic nitrogens is 1. The zero-order chi connectivity index (χ0) is 15.6. The van der Waals surface area contributed by atoms with E-state index in [2.05, 4.69) is 4.98 Å². The molecule has 2 rings (SSSR count). The lowest BCUT2D eigenvalue weighted by Crippen LogP contribution is -2.19. The SMILES string of the molecule is CN(Cc1cscn1)c1cccc(S(C)(=O)=O)c1[N+](=O)[O-]. The quantitative estimate of drug-likeness (QED) is 0.616. The highest BCUT2D eigenvalue weighted by Crippen LogP contribution is 2.34. The van der Waals surface area contributed by atoms with Crippen molar-refractivity contribution in [1.82, 2.24) is 4.98 Å². The van der Waals surface area contributed by atoms with Crippen LogP contribution in [-0.2, 0) is 16.4 Å². The van der Waals surface area contributed by atoms with Gasteiger partial charge in [-0.3, -0.25) is 10.1 Å². The van der Waals surface area contributed by atoms with Crippen LogP contribution in [0.4, 0.5) is 11.4 Å². The number of hydrogen-bond donors (Lipinski definition) is 0. The van der Waals surface area contributed by atoms with Gasteiger partial charge in [-0.15, -0.1) is 11.3 Å². The topological polar surface area (TPSA) is 93.4 Å². The third-order valence-corrected chi connectivity index (χ3v) is 4.62. The van der Waals surface area contributed by atoms with Gasteiger partial charge in [0.15, 0.2) is 9.84 Å². The average molecular weight is 327 g/mol. The first-order valence-corrected chi connectivity index (χ1v) is 8.70. The van der Waals surface area contributed by atoms with Gasteiger partial charge in [0.05, 0.1) is 22.7 Å². The Morgan fingerprint density at radius 3 is 2.67 bits per heavy atom. The van der Waals surface area contributed by atoms with Crippen molar-refractivity contribution in [2.75, 3.05) is 18.2 Å². The Balaban J connectivity index is 2.50. The van der Waals surface area contributed by atoms with Crippen LogP contribution < -0.4 is 4.90 Å². The molecule has 0 saturated carbocycles. The van der Waals surface area contributed by atoms with Crippen LogP contribution in [0, 0.1) is 10.1 Å². The molecule has 0 aliphatic rings. The van der Waals surface area contributed by atoms with Gasteiger partial charge >= 0.3 is 5.69 Å². The van der Waals surface area contributed by atoms with E-state index in [1.165, 1.54) is 29.5 Å². The summed E-state index contributed by atoms with van der Waals surface area (Å²) in [6.45, 7) is 0.359. The zero-order valence-corrected chi connectivity index (χ0v) is 13.0. The highest BCUT2D eigenvalue weighted by molar-refractivity contribution is 7.90. The predicted octanol–water partition coefficient (Wildman–Crippen LogP) is 2.09. The van der Waals surface area contributed by atoms with Gasteiger partial charge in [-0.2, -0.15) is 0 Å². The first-order valence-electron chi connectivity index (χ1n) is 5.86. The van der Waals surface area contributed by atoms with E-state index in [0.717, 1.165) is 11.9 Å². The van der Waals surface area contributed by atoms with Crippen LogP contribution in [0.25, 0.3) is 0 Å². The fourth-order valence-corrected chi connectivity index (χ4v) is 3.35. The van der Waals surface area contributed by atoms with E-state index in [1.807, 2.05) is 5.38 Å². The molecule has 1 heterocycles. The molecule has 0 fully saturated rings. The van der Waals surface area contributed by atoms with Crippen molar-refractivity contribution in [3.05, 3.63) is 44.9 Å². The Labute approximate surface area is 125 Å². The second-order valence-electron chi connectivity index (χ2n) is 4.49. The third-order valence-electron chi connectivity index (χ3n) is 2.85. The fourth-order valence-electron chi connectivity index (χ4n) is 1.95. The number of nitro benzene ring substituents is 1. The number of anilines is 1. The number of sulfone groups is 1. The van der Waals surface area contributed by atoms with Crippen LogP contribution >= 0.6 is 11.3 Å². The summed E-state index contributed by atoms with van der Waals surface area (Å²) < 4.78 is 23.4. The zero-order valence-electron chi connectivity index (χ0n) is 11.4. The molecule has 2 aromatic rings. The number of nitro groups is 1. The number of thiazole rings is 1. The highest BCUT2D eigenvalue weighted by atomic mass is 32.2. The number of para-hydroxylation sites is 1.